The first-order valence-electron chi connectivity index (χ1n) is 5.39. The smallest absolute Gasteiger partial charge is 0.344 e. The number of rotatable bonds is 3. The quantitative estimate of drug-likeness (QED) is 0.816. The van der Waals surface area contributed by atoms with Crippen LogP contribution in [0.15, 0.2) is 33.5 Å². The maximum atomic E-state index is 11.7. The summed E-state index contributed by atoms with van der Waals surface area (Å²) < 4.78 is 4.70. The SMILES string of the molecule is CCCc1c(C(=O)Br)oc(=O)c2ccccc12. The lowest BCUT2D eigenvalue weighted by molar-refractivity contribution is 0.106. The molecule has 0 atom stereocenters. The number of hydrogen-bond acceptors (Lipinski definition) is 3. The van der Waals surface area contributed by atoms with Gasteiger partial charge in [0.1, 0.15) is 0 Å². The summed E-state index contributed by atoms with van der Waals surface area (Å²) in [5.41, 5.74) is 0.327. The van der Waals surface area contributed by atoms with E-state index in [-0.39, 0.29) is 10.5 Å². The van der Waals surface area contributed by atoms with Crippen molar-refractivity contribution in [2.45, 2.75) is 19.8 Å². The average Bonchev–Trinajstić information content (AvgIpc) is 2.32. The van der Waals surface area contributed by atoms with Gasteiger partial charge in [0.2, 0.25) is 0 Å². The van der Waals surface area contributed by atoms with Crippen molar-refractivity contribution in [1.82, 2.24) is 0 Å². The molecule has 1 heterocycles. The fourth-order valence-electron chi connectivity index (χ4n) is 1.91. The van der Waals surface area contributed by atoms with Crippen LogP contribution in [0.2, 0.25) is 0 Å². The first-order chi connectivity index (χ1) is 8.15. The molecule has 0 saturated carbocycles. The second kappa shape index (κ2) is 4.84. The molecular weight excluding hydrogens is 284 g/mol. The molecule has 2 aromatic rings. The molecule has 0 bridgehead atoms. The molecular formula is C13H11BrO3. The number of benzene rings is 1. The maximum absolute atomic E-state index is 11.7. The third-order valence-corrected chi connectivity index (χ3v) is 2.98. The zero-order chi connectivity index (χ0) is 12.4. The Labute approximate surface area is 107 Å². The molecule has 0 N–H and O–H groups in total. The van der Waals surface area contributed by atoms with Gasteiger partial charge in [-0.1, -0.05) is 31.5 Å². The van der Waals surface area contributed by atoms with Crippen LogP contribution in [0.25, 0.3) is 10.8 Å². The van der Waals surface area contributed by atoms with Crippen LogP contribution in [0, 0.1) is 0 Å². The Morgan fingerprint density at radius 2 is 1.94 bits per heavy atom. The van der Waals surface area contributed by atoms with Crippen molar-refractivity contribution >= 4 is 31.4 Å². The molecule has 0 fully saturated rings. The average molecular weight is 295 g/mol. The highest BCUT2D eigenvalue weighted by atomic mass is 79.9. The first-order valence-corrected chi connectivity index (χ1v) is 6.19. The van der Waals surface area contributed by atoms with Crippen LogP contribution in [0.3, 0.4) is 0 Å². The van der Waals surface area contributed by atoms with Crippen LogP contribution < -0.4 is 5.63 Å². The van der Waals surface area contributed by atoms with Gasteiger partial charge in [-0.25, -0.2) is 4.79 Å². The summed E-state index contributed by atoms with van der Waals surface area (Å²) in [6.45, 7) is 2.02. The Bertz CT molecular complexity index is 628. The molecule has 0 aliphatic heterocycles. The number of aryl methyl sites for hydroxylation is 1. The summed E-state index contributed by atoms with van der Waals surface area (Å²) in [5, 5.41) is 1.32. The Kier molecular flexibility index (Phi) is 3.43. The van der Waals surface area contributed by atoms with Crippen molar-refractivity contribution in [3.8, 4) is 0 Å². The Morgan fingerprint density at radius 3 is 2.53 bits per heavy atom. The molecule has 17 heavy (non-hydrogen) atoms. The van der Waals surface area contributed by atoms with Crippen LogP contribution in [0.4, 0.5) is 0 Å². The van der Waals surface area contributed by atoms with Gasteiger partial charge in [-0.2, -0.15) is 0 Å². The molecule has 0 saturated heterocycles. The topological polar surface area (TPSA) is 47.3 Å². The maximum Gasteiger partial charge on any atom is 0.344 e. The van der Waals surface area contributed by atoms with E-state index >= 15 is 0 Å². The van der Waals surface area contributed by atoms with Crippen molar-refractivity contribution in [1.29, 1.82) is 0 Å². The number of hydrogen-bond donors (Lipinski definition) is 0. The standard InChI is InChI=1S/C13H11BrO3/c1-2-5-9-8-6-3-4-7-10(8)13(16)17-11(9)12(14)15/h3-4,6-7H,2,5H2,1H3. The lowest BCUT2D eigenvalue weighted by Crippen LogP contribution is -2.08. The minimum atomic E-state index is -0.469. The fourth-order valence-corrected chi connectivity index (χ4v) is 2.23. The predicted octanol–water partition coefficient (Wildman–Crippen LogP) is 3.28. The van der Waals surface area contributed by atoms with Gasteiger partial charge < -0.3 is 4.42 Å². The van der Waals surface area contributed by atoms with E-state index in [9.17, 15) is 9.59 Å². The van der Waals surface area contributed by atoms with E-state index in [1.807, 2.05) is 19.1 Å². The van der Waals surface area contributed by atoms with Crippen molar-refractivity contribution in [2.24, 2.45) is 0 Å². The van der Waals surface area contributed by atoms with Gasteiger partial charge in [0.25, 0.3) is 4.69 Å². The van der Waals surface area contributed by atoms with E-state index < -0.39 is 5.63 Å². The zero-order valence-corrected chi connectivity index (χ0v) is 10.9. The summed E-state index contributed by atoms with van der Waals surface area (Å²) >= 11 is 2.85. The minimum Gasteiger partial charge on any atom is -0.418 e. The van der Waals surface area contributed by atoms with Gasteiger partial charge in [0.05, 0.1) is 5.39 Å². The highest BCUT2D eigenvalue weighted by molar-refractivity contribution is 9.18. The number of carbonyl (C=O) groups is 1. The third kappa shape index (κ3) is 2.17. The lowest BCUT2D eigenvalue weighted by Gasteiger charge is -2.07. The van der Waals surface area contributed by atoms with Crippen LogP contribution in [-0.2, 0) is 6.42 Å². The molecule has 4 heteroatoms. The Morgan fingerprint density at radius 1 is 1.29 bits per heavy atom. The molecule has 0 amide bonds. The second-order valence-corrected chi connectivity index (χ2v) is 4.49. The van der Waals surface area contributed by atoms with E-state index in [1.165, 1.54) is 0 Å². The van der Waals surface area contributed by atoms with Crippen LogP contribution in [-0.4, -0.2) is 4.69 Å². The van der Waals surface area contributed by atoms with Gasteiger partial charge >= 0.3 is 5.63 Å². The molecule has 1 aromatic heterocycles. The van der Waals surface area contributed by atoms with Gasteiger partial charge in [0, 0.05) is 21.5 Å². The highest BCUT2D eigenvalue weighted by Crippen LogP contribution is 2.22. The van der Waals surface area contributed by atoms with Crippen LogP contribution in [0.5, 0.6) is 0 Å². The number of halogens is 1. The van der Waals surface area contributed by atoms with E-state index in [4.69, 9.17) is 4.42 Å². The predicted molar refractivity (Wildman–Crippen MR) is 69.7 cm³/mol. The van der Waals surface area contributed by atoms with E-state index in [0.717, 1.165) is 17.4 Å². The van der Waals surface area contributed by atoms with Crippen LogP contribution in [0.1, 0.15) is 29.5 Å². The summed E-state index contributed by atoms with van der Waals surface area (Å²) in [5.74, 6) is 0.121. The third-order valence-electron chi connectivity index (χ3n) is 2.62. The van der Waals surface area contributed by atoms with Gasteiger partial charge in [-0.15, -0.1) is 0 Å². The van der Waals surface area contributed by atoms with Crippen molar-refractivity contribution in [3.63, 3.8) is 0 Å². The van der Waals surface area contributed by atoms with Gasteiger partial charge in [0.15, 0.2) is 5.76 Å². The molecule has 0 spiro atoms. The number of carbonyl (C=O) groups excluding carboxylic acids is 1. The van der Waals surface area contributed by atoms with E-state index in [0.29, 0.717) is 11.8 Å². The van der Waals surface area contributed by atoms with E-state index in [2.05, 4.69) is 15.9 Å². The van der Waals surface area contributed by atoms with Crippen molar-refractivity contribution < 1.29 is 9.21 Å². The largest absolute Gasteiger partial charge is 0.418 e. The Balaban J connectivity index is 2.87. The van der Waals surface area contributed by atoms with Gasteiger partial charge in [-0.3, -0.25) is 4.79 Å². The molecule has 0 unspecified atom stereocenters. The van der Waals surface area contributed by atoms with Crippen molar-refractivity contribution in [2.75, 3.05) is 0 Å². The van der Waals surface area contributed by atoms with E-state index in [1.54, 1.807) is 12.1 Å². The monoisotopic (exact) mass is 294 g/mol. The fraction of sp³-hybridized carbons (Fsp3) is 0.231. The first kappa shape index (κ1) is 12.0. The summed E-state index contributed by atoms with van der Waals surface area (Å²) in [7, 11) is 0. The zero-order valence-electron chi connectivity index (χ0n) is 9.33. The summed E-state index contributed by atoms with van der Waals surface area (Å²) in [4.78, 5) is 23.1. The summed E-state index contributed by atoms with van der Waals surface area (Å²) in [6.07, 6.45) is 1.59. The number of fused-ring (bicyclic) bond motifs is 1. The molecule has 0 aliphatic carbocycles. The normalized spacial score (nSPS) is 10.7. The minimum absolute atomic E-state index is 0.121. The van der Waals surface area contributed by atoms with Gasteiger partial charge in [-0.05, 0) is 17.9 Å². The highest BCUT2D eigenvalue weighted by Gasteiger charge is 2.16. The summed E-state index contributed by atoms with van der Waals surface area (Å²) in [6, 6.07) is 7.19. The molecule has 2 rings (SSSR count). The molecule has 0 aliphatic rings. The molecule has 0 radical (unpaired) electrons. The molecule has 1 aromatic carbocycles. The second-order valence-electron chi connectivity index (χ2n) is 3.77. The Hall–Kier alpha value is -1.42. The van der Waals surface area contributed by atoms with Crippen molar-refractivity contribution in [3.05, 3.63) is 46.0 Å². The van der Waals surface area contributed by atoms with Crippen LogP contribution >= 0.6 is 15.9 Å². The molecule has 3 nitrogen and oxygen atoms in total. The lowest BCUT2D eigenvalue weighted by atomic mass is 10.0. The molecule has 88 valence electrons.